The molecular weight excluding hydrogens is 339 g/mol. The lowest BCUT2D eigenvalue weighted by Crippen LogP contribution is -2.29. The van der Waals surface area contributed by atoms with Crippen molar-refractivity contribution in [3.8, 4) is 11.6 Å². The maximum absolute atomic E-state index is 13.3. The molecule has 1 aromatic carbocycles. The molecule has 26 heavy (non-hydrogen) atoms. The molecule has 0 N–H and O–H groups in total. The van der Waals surface area contributed by atoms with E-state index in [1.807, 2.05) is 6.92 Å². The van der Waals surface area contributed by atoms with E-state index in [4.69, 9.17) is 4.52 Å². The molecule has 3 heterocycles. The molecule has 0 radical (unpaired) electrons. The molecule has 4 rings (SSSR count). The van der Waals surface area contributed by atoms with Gasteiger partial charge in [0.05, 0.1) is 12.2 Å². The van der Waals surface area contributed by atoms with Gasteiger partial charge in [0.15, 0.2) is 11.5 Å². The largest absolute Gasteiger partial charge is 0.336 e. The predicted octanol–water partition coefficient (Wildman–Crippen LogP) is 2.12. The van der Waals surface area contributed by atoms with Crippen molar-refractivity contribution in [3.63, 3.8) is 0 Å². The highest BCUT2D eigenvalue weighted by atomic mass is 19.1. The van der Waals surface area contributed by atoms with E-state index in [0.29, 0.717) is 42.5 Å². The Hall–Kier alpha value is -3.10. The highest BCUT2D eigenvalue weighted by Gasteiger charge is 2.29. The molecule has 1 atom stereocenters. The molecule has 0 bridgehead atoms. The molecule has 1 saturated heterocycles. The van der Waals surface area contributed by atoms with Crippen molar-refractivity contribution in [2.24, 2.45) is 0 Å². The summed E-state index contributed by atoms with van der Waals surface area (Å²) in [6.45, 7) is 3.01. The van der Waals surface area contributed by atoms with Crippen molar-refractivity contribution >= 4 is 5.91 Å². The highest BCUT2D eigenvalue weighted by molar-refractivity contribution is 5.94. The average molecular weight is 356 g/mol. The van der Waals surface area contributed by atoms with E-state index >= 15 is 0 Å². The summed E-state index contributed by atoms with van der Waals surface area (Å²) in [6, 6.07) is 5.73. The van der Waals surface area contributed by atoms with Crippen molar-refractivity contribution in [3.05, 3.63) is 47.7 Å². The molecule has 2 aromatic heterocycles. The Morgan fingerprint density at radius 3 is 3.08 bits per heavy atom. The Bertz CT molecular complexity index is 937. The van der Waals surface area contributed by atoms with Crippen LogP contribution in [0.15, 0.2) is 35.0 Å². The van der Waals surface area contributed by atoms with Crippen molar-refractivity contribution in [2.75, 3.05) is 13.1 Å². The number of hydrogen-bond donors (Lipinski definition) is 0. The number of amides is 1. The average Bonchev–Trinajstić information content (AvgIpc) is 3.39. The molecular formula is C17H17FN6O2. The Morgan fingerprint density at radius 2 is 2.31 bits per heavy atom. The van der Waals surface area contributed by atoms with Gasteiger partial charge >= 0.3 is 0 Å². The van der Waals surface area contributed by atoms with E-state index in [2.05, 4.69) is 20.5 Å². The molecule has 1 fully saturated rings. The van der Waals surface area contributed by atoms with Gasteiger partial charge in [-0.2, -0.15) is 4.98 Å². The Kier molecular flexibility index (Phi) is 4.19. The van der Waals surface area contributed by atoms with Gasteiger partial charge in [0.25, 0.3) is 11.8 Å². The Morgan fingerprint density at radius 1 is 1.42 bits per heavy atom. The van der Waals surface area contributed by atoms with Gasteiger partial charge in [-0.25, -0.2) is 9.07 Å². The van der Waals surface area contributed by atoms with Crippen LogP contribution >= 0.6 is 0 Å². The molecule has 0 unspecified atom stereocenters. The van der Waals surface area contributed by atoms with Gasteiger partial charge in [-0.3, -0.25) is 4.79 Å². The molecule has 134 valence electrons. The van der Waals surface area contributed by atoms with E-state index in [1.165, 1.54) is 18.2 Å². The van der Waals surface area contributed by atoms with E-state index in [9.17, 15) is 9.18 Å². The number of likely N-dealkylation sites (tertiary alicyclic amines) is 1. The summed E-state index contributed by atoms with van der Waals surface area (Å²) in [5.41, 5.74) is 0.856. The first-order chi connectivity index (χ1) is 12.6. The van der Waals surface area contributed by atoms with Crippen molar-refractivity contribution in [2.45, 2.75) is 25.8 Å². The van der Waals surface area contributed by atoms with Gasteiger partial charge in [-0.05, 0) is 24.6 Å². The lowest BCUT2D eigenvalue weighted by Gasteiger charge is -2.16. The zero-order chi connectivity index (χ0) is 18.1. The number of carbonyl (C=O) groups excluding carboxylic acids is 1. The monoisotopic (exact) mass is 356 g/mol. The van der Waals surface area contributed by atoms with Crippen molar-refractivity contribution < 1.29 is 13.7 Å². The zero-order valence-electron chi connectivity index (χ0n) is 14.2. The minimum absolute atomic E-state index is 0.00215. The summed E-state index contributed by atoms with van der Waals surface area (Å²) >= 11 is 0. The van der Waals surface area contributed by atoms with Crippen LogP contribution in [0.4, 0.5) is 4.39 Å². The third-order valence-electron chi connectivity index (χ3n) is 4.41. The molecule has 0 spiro atoms. The predicted molar refractivity (Wildman–Crippen MR) is 88.6 cm³/mol. The first kappa shape index (κ1) is 16.4. The second kappa shape index (κ2) is 6.66. The van der Waals surface area contributed by atoms with Gasteiger partial charge in [0.2, 0.25) is 0 Å². The van der Waals surface area contributed by atoms with E-state index in [0.717, 1.165) is 6.42 Å². The fraction of sp³-hybridized carbons (Fsp3) is 0.353. The van der Waals surface area contributed by atoms with Crippen LogP contribution in [0, 0.1) is 5.82 Å². The number of aromatic nitrogens is 5. The minimum atomic E-state index is -0.418. The van der Waals surface area contributed by atoms with Crippen LogP contribution in [0.2, 0.25) is 0 Å². The second-order valence-corrected chi connectivity index (χ2v) is 6.16. The topological polar surface area (TPSA) is 89.9 Å². The maximum atomic E-state index is 13.3. The maximum Gasteiger partial charge on any atom is 0.280 e. The Labute approximate surface area is 148 Å². The van der Waals surface area contributed by atoms with Crippen LogP contribution in [0.1, 0.15) is 35.6 Å². The Balaban J connectivity index is 1.46. The molecule has 3 aromatic rings. The van der Waals surface area contributed by atoms with E-state index < -0.39 is 5.82 Å². The van der Waals surface area contributed by atoms with Crippen molar-refractivity contribution in [1.82, 2.24) is 30.0 Å². The number of nitrogens with zero attached hydrogens (tertiary/aromatic N) is 6. The molecule has 1 aliphatic heterocycles. The van der Waals surface area contributed by atoms with Crippen LogP contribution in [-0.2, 0) is 6.42 Å². The van der Waals surface area contributed by atoms with Gasteiger partial charge in [0, 0.05) is 25.1 Å². The van der Waals surface area contributed by atoms with Crippen LogP contribution in [0.3, 0.4) is 0 Å². The molecule has 0 saturated carbocycles. The van der Waals surface area contributed by atoms with Gasteiger partial charge in [-0.1, -0.05) is 23.4 Å². The van der Waals surface area contributed by atoms with Crippen LogP contribution in [-0.4, -0.2) is 49.0 Å². The van der Waals surface area contributed by atoms with E-state index in [1.54, 1.807) is 21.8 Å². The van der Waals surface area contributed by atoms with Crippen LogP contribution in [0.25, 0.3) is 11.6 Å². The summed E-state index contributed by atoms with van der Waals surface area (Å²) in [6.07, 6.45) is 3.17. The summed E-state index contributed by atoms with van der Waals surface area (Å²) in [5.74, 6) is 0.344. The van der Waals surface area contributed by atoms with Gasteiger partial charge in [0.1, 0.15) is 5.82 Å². The number of halogens is 1. The summed E-state index contributed by atoms with van der Waals surface area (Å²) in [4.78, 5) is 18.5. The lowest BCUT2D eigenvalue weighted by molar-refractivity contribution is 0.0786. The third-order valence-corrected chi connectivity index (χ3v) is 4.41. The zero-order valence-corrected chi connectivity index (χ0v) is 14.2. The summed E-state index contributed by atoms with van der Waals surface area (Å²) in [5, 5.41) is 12.1. The van der Waals surface area contributed by atoms with Gasteiger partial charge in [-0.15, -0.1) is 5.10 Å². The number of carbonyl (C=O) groups is 1. The molecule has 8 nitrogen and oxygen atoms in total. The summed E-state index contributed by atoms with van der Waals surface area (Å²) < 4.78 is 20.2. The lowest BCUT2D eigenvalue weighted by atomic mass is 10.2. The quantitative estimate of drug-likeness (QED) is 0.711. The minimum Gasteiger partial charge on any atom is -0.336 e. The standard InChI is InChI=1S/C17H17FN6O2/c1-2-15-19-16(26-21-15)14-10-24(22-20-14)13-6-7-23(9-13)17(25)11-4-3-5-12(18)8-11/h3-5,8,10,13H,2,6-7,9H2,1H3/t13-/m0/s1. The summed E-state index contributed by atoms with van der Waals surface area (Å²) in [7, 11) is 0. The molecule has 0 aliphatic carbocycles. The number of benzene rings is 1. The molecule has 1 amide bonds. The second-order valence-electron chi connectivity index (χ2n) is 6.16. The molecule has 1 aliphatic rings. The smallest absolute Gasteiger partial charge is 0.280 e. The SMILES string of the molecule is CCc1noc(-c2cn([C@H]3CCN(C(=O)c4cccc(F)c4)C3)nn2)n1. The number of aryl methyl sites for hydroxylation is 1. The van der Waals surface area contributed by atoms with E-state index in [-0.39, 0.29) is 11.9 Å². The fourth-order valence-electron chi connectivity index (χ4n) is 3.00. The first-order valence-electron chi connectivity index (χ1n) is 8.43. The normalized spacial score (nSPS) is 17.0. The highest BCUT2D eigenvalue weighted by Crippen LogP contribution is 2.24. The number of hydrogen-bond acceptors (Lipinski definition) is 6. The van der Waals surface area contributed by atoms with Crippen molar-refractivity contribution in [1.29, 1.82) is 0 Å². The first-order valence-corrected chi connectivity index (χ1v) is 8.43. The van der Waals surface area contributed by atoms with Crippen LogP contribution < -0.4 is 0 Å². The fourth-order valence-corrected chi connectivity index (χ4v) is 3.00. The molecule has 9 heteroatoms. The number of rotatable bonds is 4. The van der Waals surface area contributed by atoms with Crippen LogP contribution in [0.5, 0.6) is 0 Å². The van der Waals surface area contributed by atoms with Gasteiger partial charge < -0.3 is 9.42 Å². The third kappa shape index (κ3) is 3.07.